The van der Waals surface area contributed by atoms with Crippen molar-refractivity contribution in [3.63, 3.8) is 0 Å². The summed E-state index contributed by atoms with van der Waals surface area (Å²) in [6.45, 7) is 4.11. The first-order valence-electron chi connectivity index (χ1n) is 9.54. The Labute approximate surface area is 193 Å². The molecule has 2 heterocycles. The zero-order valence-corrected chi connectivity index (χ0v) is 19.4. The molecule has 4 N–H and O–H groups in total. The highest BCUT2D eigenvalue weighted by molar-refractivity contribution is 8.01. The fourth-order valence-corrected chi connectivity index (χ4v) is 6.77. The van der Waals surface area contributed by atoms with Crippen molar-refractivity contribution in [3.05, 3.63) is 35.9 Å². The van der Waals surface area contributed by atoms with Gasteiger partial charge in [0.25, 0.3) is 5.91 Å². The van der Waals surface area contributed by atoms with Gasteiger partial charge in [0.05, 0.1) is 0 Å². The third-order valence-electron chi connectivity index (χ3n) is 5.49. The van der Waals surface area contributed by atoms with Crippen LogP contribution in [-0.4, -0.2) is 68.6 Å². The number of amides is 3. The van der Waals surface area contributed by atoms with E-state index in [1.54, 1.807) is 26.0 Å². The molecule has 1 aromatic rings. The molecule has 3 rings (SSSR count). The summed E-state index contributed by atoms with van der Waals surface area (Å²) in [4.78, 5) is 51.3. The first-order chi connectivity index (χ1) is 15.2. The summed E-state index contributed by atoms with van der Waals surface area (Å²) < 4.78 is 23.7. The Kier molecular flexibility index (Phi) is 5.95. The smallest absolute Gasteiger partial charge is 0.327 e. The van der Waals surface area contributed by atoms with Crippen molar-refractivity contribution >= 4 is 45.7 Å². The van der Waals surface area contributed by atoms with Crippen LogP contribution >= 0.6 is 11.8 Å². The molecule has 1 unspecified atom stereocenters. The summed E-state index contributed by atoms with van der Waals surface area (Å²) in [6, 6.07) is 6.17. The summed E-state index contributed by atoms with van der Waals surface area (Å²) in [5.41, 5.74) is -2.91. The van der Waals surface area contributed by atoms with Crippen molar-refractivity contribution in [3.8, 4) is 6.07 Å². The van der Waals surface area contributed by atoms with Crippen molar-refractivity contribution in [1.29, 1.82) is 5.26 Å². The van der Waals surface area contributed by atoms with E-state index in [0.717, 1.165) is 23.6 Å². The number of carbonyl (C=O) groups excluding carboxylic acids is 3. The summed E-state index contributed by atoms with van der Waals surface area (Å²) in [7, 11) is -4.90. The number of carboxylic acids is 1. The zero-order valence-electron chi connectivity index (χ0n) is 17.8. The molecule has 0 spiro atoms. The van der Waals surface area contributed by atoms with E-state index in [1.165, 1.54) is 24.3 Å². The molecule has 2 fully saturated rings. The van der Waals surface area contributed by atoms with Gasteiger partial charge in [-0.1, -0.05) is 30.3 Å². The third-order valence-corrected chi connectivity index (χ3v) is 8.10. The van der Waals surface area contributed by atoms with Crippen LogP contribution in [-0.2, 0) is 34.9 Å². The lowest BCUT2D eigenvalue weighted by Gasteiger charge is -2.45. The van der Waals surface area contributed by atoms with Crippen molar-refractivity contribution in [2.75, 3.05) is 0 Å². The van der Waals surface area contributed by atoms with Crippen molar-refractivity contribution in [1.82, 2.24) is 14.5 Å². The summed E-state index contributed by atoms with van der Waals surface area (Å²) in [6.07, 6.45) is 0. The number of carboxylic acid groups (broad SMARTS) is 1. The fraction of sp³-hybridized carbons (Fsp3) is 0.421. The maximum atomic E-state index is 13.5. The molecule has 3 amide bonds. The molecule has 0 aliphatic carbocycles. The Balaban J connectivity index is 2.05. The molecular formula is C19H21N5O7S2. The Morgan fingerprint density at radius 1 is 1.30 bits per heavy atom. The van der Waals surface area contributed by atoms with Crippen molar-refractivity contribution in [2.24, 2.45) is 5.14 Å². The SMILES string of the molecule is CC(=O)N(C(C#N)(C(=O)N[C@@H]1C(=O)N2[C@@H]1SC(C)(C)[C@@H]2C(=O)O)c1ccccc1)S(N)(=O)=O. The number of nitriles is 1. The molecule has 2 aliphatic heterocycles. The molecular weight excluding hydrogens is 474 g/mol. The monoisotopic (exact) mass is 495 g/mol. The molecule has 1 aromatic carbocycles. The minimum Gasteiger partial charge on any atom is -0.480 e. The zero-order chi connectivity index (χ0) is 24.9. The van der Waals surface area contributed by atoms with Gasteiger partial charge in [-0.15, -0.1) is 11.8 Å². The number of β-lactam (4-membered cyclic amide) rings is 1. The molecule has 176 valence electrons. The lowest BCUT2D eigenvalue weighted by atomic mass is 9.88. The minimum atomic E-state index is -4.90. The lowest BCUT2D eigenvalue weighted by Crippen LogP contribution is -2.73. The van der Waals surface area contributed by atoms with Gasteiger partial charge in [-0.3, -0.25) is 14.4 Å². The quantitative estimate of drug-likeness (QED) is 0.419. The van der Waals surface area contributed by atoms with E-state index in [9.17, 15) is 38.0 Å². The van der Waals surface area contributed by atoms with E-state index in [1.807, 2.05) is 0 Å². The average Bonchev–Trinajstić information content (AvgIpc) is 2.97. The van der Waals surface area contributed by atoms with Crippen molar-refractivity contribution < 1.29 is 32.7 Å². The number of nitrogens with zero attached hydrogens (tertiary/aromatic N) is 3. The average molecular weight is 496 g/mol. The van der Waals surface area contributed by atoms with E-state index in [-0.39, 0.29) is 9.87 Å². The second-order valence-corrected chi connectivity index (χ2v) is 11.2. The Morgan fingerprint density at radius 3 is 2.33 bits per heavy atom. The highest BCUT2D eigenvalue weighted by atomic mass is 32.2. The Hall–Kier alpha value is -3.15. The highest BCUT2D eigenvalue weighted by Crippen LogP contribution is 2.51. The van der Waals surface area contributed by atoms with Crippen molar-refractivity contribution in [2.45, 2.75) is 48.5 Å². The van der Waals surface area contributed by atoms with Crippen LogP contribution in [0.2, 0.25) is 0 Å². The van der Waals surface area contributed by atoms with Gasteiger partial charge in [0.15, 0.2) is 0 Å². The molecule has 14 heteroatoms. The highest BCUT2D eigenvalue weighted by Gasteiger charge is 2.65. The van der Waals surface area contributed by atoms with Crippen LogP contribution in [0.3, 0.4) is 0 Å². The van der Waals surface area contributed by atoms with Gasteiger partial charge >= 0.3 is 16.2 Å². The number of hydrogen-bond donors (Lipinski definition) is 3. The number of benzene rings is 1. The summed E-state index contributed by atoms with van der Waals surface area (Å²) in [5.74, 6) is -4.37. The van der Waals surface area contributed by atoms with Gasteiger partial charge in [0, 0.05) is 17.2 Å². The maximum absolute atomic E-state index is 13.5. The number of hydrogen-bond acceptors (Lipinski definition) is 8. The fourth-order valence-electron chi connectivity index (χ4n) is 4.18. The summed E-state index contributed by atoms with van der Waals surface area (Å²) in [5, 5.41) is 26.4. The number of rotatable bonds is 6. The number of fused-ring (bicyclic) bond motifs is 1. The number of carbonyl (C=O) groups is 4. The van der Waals surface area contributed by atoms with Gasteiger partial charge < -0.3 is 15.3 Å². The summed E-state index contributed by atoms with van der Waals surface area (Å²) >= 11 is 1.15. The molecule has 2 saturated heterocycles. The van der Waals surface area contributed by atoms with E-state index < -0.39 is 61.6 Å². The Morgan fingerprint density at radius 2 is 1.88 bits per heavy atom. The minimum absolute atomic E-state index is 0.0304. The molecule has 0 radical (unpaired) electrons. The first-order valence-corrected chi connectivity index (χ1v) is 11.9. The second-order valence-electron chi connectivity index (χ2n) is 8.07. The van der Waals surface area contributed by atoms with Crippen LogP contribution in [0.5, 0.6) is 0 Å². The van der Waals surface area contributed by atoms with Crippen LogP contribution in [0.1, 0.15) is 26.3 Å². The van der Waals surface area contributed by atoms with Gasteiger partial charge in [0.2, 0.25) is 17.4 Å². The largest absolute Gasteiger partial charge is 0.480 e. The van der Waals surface area contributed by atoms with E-state index in [4.69, 9.17) is 5.14 Å². The number of aliphatic carboxylic acids is 1. The maximum Gasteiger partial charge on any atom is 0.327 e. The lowest BCUT2D eigenvalue weighted by molar-refractivity contribution is -0.161. The normalized spacial score (nSPS) is 25.1. The van der Waals surface area contributed by atoms with Gasteiger partial charge in [-0.2, -0.15) is 18.0 Å². The third kappa shape index (κ3) is 3.71. The van der Waals surface area contributed by atoms with Crippen LogP contribution in [0, 0.1) is 11.3 Å². The first kappa shape index (κ1) is 24.5. The van der Waals surface area contributed by atoms with E-state index in [0.29, 0.717) is 0 Å². The van der Waals surface area contributed by atoms with E-state index >= 15 is 0 Å². The number of nitrogens with two attached hydrogens (primary N) is 1. The topological polar surface area (TPSA) is 191 Å². The van der Waals surface area contributed by atoms with Gasteiger partial charge in [0.1, 0.15) is 23.5 Å². The molecule has 4 atom stereocenters. The standard InChI is InChI=1S/C19H21N5O7S2/c1-10(25)24(33(21,30)31)19(9-20,11-7-5-4-6-8-11)17(29)22-12-14(26)23-13(16(27)28)18(2,3)32-15(12)23/h4-8,12-13,15H,1-3H3,(H,22,29)(H,27,28)(H2,21,30,31)/t12-,13+,15-,19?/m1/s1. The van der Waals surface area contributed by atoms with Gasteiger partial charge in [-0.25, -0.2) is 9.93 Å². The molecule has 2 aliphatic rings. The second kappa shape index (κ2) is 8.01. The molecule has 33 heavy (non-hydrogen) atoms. The Bertz CT molecular complexity index is 1180. The predicted molar refractivity (Wildman–Crippen MR) is 115 cm³/mol. The molecule has 0 bridgehead atoms. The molecule has 12 nitrogen and oxygen atoms in total. The van der Waals surface area contributed by atoms with Gasteiger partial charge in [-0.05, 0) is 13.8 Å². The van der Waals surface area contributed by atoms with Crippen LogP contribution in [0.15, 0.2) is 30.3 Å². The van der Waals surface area contributed by atoms with Crippen LogP contribution in [0.25, 0.3) is 0 Å². The molecule has 0 aromatic heterocycles. The van der Waals surface area contributed by atoms with Crippen LogP contribution < -0.4 is 10.5 Å². The van der Waals surface area contributed by atoms with E-state index in [2.05, 4.69) is 5.32 Å². The number of thioether (sulfide) groups is 1. The molecule has 0 saturated carbocycles. The predicted octanol–water partition coefficient (Wildman–Crippen LogP) is -0.911. The number of nitrogens with one attached hydrogen (secondary N) is 1. The van der Waals surface area contributed by atoms with Crippen LogP contribution in [0.4, 0.5) is 0 Å².